The molecule has 0 aliphatic heterocycles. The lowest BCUT2D eigenvalue weighted by molar-refractivity contribution is 0.763. The average Bonchev–Trinajstić information content (AvgIpc) is 2.53. The van der Waals surface area contributed by atoms with Crippen LogP contribution in [0.25, 0.3) is 0 Å². The van der Waals surface area contributed by atoms with E-state index in [0.717, 1.165) is 41.5 Å². The second-order valence-electron chi connectivity index (χ2n) is 5.62. The molecular formula is C18H15ClN4. The van der Waals surface area contributed by atoms with Crippen molar-refractivity contribution < 1.29 is 0 Å². The molecule has 1 N–H and O–H groups in total. The van der Waals surface area contributed by atoms with Crippen molar-refractivity contribution in [3.8, 4) is 0 Å². The van der Waals surface area contributed by atoms with Crippen LogP contribution in [0.4, 0.5) is 11.5 Å². The number of anilines is 2. The quantitative estimate of drug-likeness (QED) is 0.790. The van der Waals surface area contributed by atoms with E-state index in [1.165, 1.54) is 16.7 Å². The Morgan fingerprint density at radius 2 is 1.65 bits per heavy atom. The number of hydrogen-bond acceptors (Lipinski definition) is 4. The average molecular weight is 323 g/mol. The Bertz CT molecular complexity index is 832. The van der Waals surface area contributed by atoms with Gasteiger partial charge in [-0.3, -0.25) is 4.98 Å². The summed E-state index contributed by atoms with van der Waals surface area (Å²) in [6.07, 6.45) is 6.54. The first-order valence-electron chi connectivity index (χ1n) is 7.58. The minimum atomic E-state index is 0.724. The van der Waals surface area contributed by atoms with Crippen LogP contribution in [0.3, 0.4) is 0 Å². The van der Waals surface area contributed by atoms with Crippen LogP contribution in [-0.2, 0) is 19.3 Å². The number of benzene rings is 1. The number of halogens is 1. The van der Waals surface area contributed by atoms with Gasteiger partial charge in [-0.2, -0.15) is 5.10 Å². The third-order valence-electron chi connectivity index (χ3n) is 4.12. The van der Waals surface area contributed by atoms with Crippen molar-refractivity contribution in [1.82, 2.24) is 15.2 Å². The second kappa shape index (κ2) is 5.97. The smallest absolute Gasteiger partial charge is 0.156 e. The highest BCUT2D eigenvalue weighted by atomic mass is 35.5. The molecule has 4 rings (SSSR count). The molecule has 0 fully saturated rings. The Kier molecular flexibility index (Phi) is 3.67. The van der Waals surface area contributed by atoms with E-state index in [-0.39, 0.29) is 0 Å². The van der Waals surface area contributed by atoms with E-state index in [0.29, 0.717) is 0 Å². The van der Waals surface area contributed by atoms with E-state index in [9.17, 15) is 0 Å². The van der Waals surface area contributed by atoms with Gasteiger partial charge in [0.25, 0.3) is 0 Å². The highest BCUT2D eigenvalue weighted by molar-refractivity contribution is 6.30. The van der Waals surface area contributed by atoms with E-state index < -0.39 is 0 Å². The maximum absolute atomic E-state index is 5.92. The summed E-state index contributed by atoms with van der Waals surface area (Å²) in [6, 6.07) is 11.7. The van der Waals surface area contributed by atoms with Gasteiger partial charge >= 0.3 is 0 Å². The molecule has 1 aliphatic carbocycles. The van der Waals surface area contributed by atoms with Gasteiger partial charge in [0, 0.05) is 35.1 Å². The van der Waals surface area contributed by atoms with Crippen molar-refractivity contribution in [3.63, 3.8) is 0 Å². The fourth-order valence-electron chi connectivity index (χ4n) is 2.79. The van der Waals surface area contributed by atoms with Gasteiger partial charge in [-0.25, -0.2) is 0 Å². The highest BCUT2D eigenvalue weighted by Gasteiger charge is 2.23. The molecule has 1 aromatic carbocycles. The molecule has 23 heavy (non-hydrogen) atoms. The number of pyridine rings is 1. The number of fused-ring (bicyclic) bond motifs is 1. The van der Waals surface area contributed by atoms with Crippen molar-refractivity contribution in [2.45, 2.75) is 19.3 Å². The van der Waals surface area contributed by atoms with Crippen LogP contribution in [0.1, 0.15) is 22.4 Å². The SMILES string of the molecule is Clc1ccc(Nc2nnc(Cc3ccncc3)c3c2CC3)cc1. The van der Waals surface area contributed by atoms with Gasteiger partial charge in [0.05, 0.1) is 5.69 Å². The van der Waals surface area contributed by atoms with Crippen molar-refractivity contribution in [2.75, 3.05) is 5.32 Å². The van der Waals surface area contributed by atoms with E-state index >= 15 is 0 Å². The molecule has 0 saturated heterocycles. The molecule has 2 aromatic heterocycles. The molecule has 0 amide bonds. The third-order valence-corrected chi connectivity index (χ3v) is 4.37. The zero-order valence-corrected chi connectivity index (χ0v) is 13.2. The van der Waals surface area contributed by atoms with E-state index in [1.54, 1.807) is 0 Å². The fourth-order valence-corrected chi connectivity index (χ4v) is 2.92. The molecule has 3 aromatic rings. The fraction of sp³-hybridized carbons (Fsp3) is 0.167. The first-order chi connectivity index (χ1) is 11.3. The molecule has 0 atom stereocenters. The van der Waals surface area contributed by atoms with Crippen LogP contribution >= 0.6 is 11.6 Å². The van der Waals surface area contributed by atoms with E-state index in [1.807, 2.05) is 48.8 Å². The number of aromatic nitrogens is 3. The van der Waals surface area contributed by atoms with Crippen LogP contribution in [0.15, 0.2) is 48.8 Å². The van der Waals surface area contributed by atoms with Crippen LogP contribution in [0.5, 0.6) is 0 Å². The van der Waals surface area contributed by atoms with Crippen LogP contribution in [0, 0.1) is 0 Å². The predicted octanol–water partition coefficient (Wildman–Crippen LogP) is 3.96. The first-order valence-corrected chi connectivity index (χ1v) is 7.96. The van der Waals surface area contributed by atoms with Gasteiger partial charge in [0.15, 0.2) is 5.82 Å². The number of nitrogens with zero attached hydrogens (tertiary/aromatic N) is 3. The standard InChI is InChI=1S/C18H15ClN4/c19-13-1-3-14(4-2-13)21-18-16-6-5-15(16)17(22-23-18)11-12-7-9-20-10-8-12/h1-4,7-10H,5-6,11H2,(H,21,23). The molecule has 0 saturated carbocycles. The summed E-state index contributed by atoms with van der Waals surface area (Å²) in [7, 11) is 0. The van der Waals surface area contributed by atoms with Gasteiger partial charge in [0.1, 0.15) is 0 Å². The maximum Gasteiger partial charge on any atom is 0.156 e. The highest BCUT2D eigenvalue weighted by Crippen LogP contribution is 2.32. The van der Waals surface area contributed by atoms with E-state index in [2.05, 4.69) is 20.5 Å². The molecule has 5 heteroatoms. The monoisotopic (exact) mass is 322 g/mol. The molecule has 0 spiro atoms. The van der Waals surface area contributed by atoms with Gasteiger partial charge in [-0.1, -0.05) is 11.6 Å². The lowest BCUT2D eigenvalue weighted by Gasteiger charge is -2.24. The van der Waals surface area contributed by atoms with Crippen molar-refractivity contribution >= 4 is 23.1 Å². The Hall–Kier alpha value is -2.46. The number of hydrogen-bond donors (Lipinski definition) is 1. The van der Waals surface area contributed by atoms with Crippen molar-refractivity contribution in [3.05, 3.63) is 76.2 Å². The van der Waals surface area contributed by atoms with Gasteiger partial charge < -0.3 is 5.32 Å². The first kappa shape index (κ1) is 14.2. The van der Waals surface area contributed by atoms with E-state index in [4.69, 9.17) is 11.6 Å². The van der Waals surface area contributed by atoms with Crippen molar-refractivity contribution in [2.24, 2.45) is 0 Å². The molecule has 0 radical (unpaired) electrons. The second-order valence-corrected chi connectivity index (χ2v) is 6.05. The number of rotatable bonds is 4. The zero-order valence-electron chi connectivity index (χ0n) is 12.5. The minimum absolute atomic E-state index is 0.724. The van der Waals surface area contributed by atoms with Gasteiger partial charge in [-0.05, 0) is 60.4 Å². The predicted molar refractivity (Wildman–Crippen MR) is 91.2 cm³/mol. The summed E-state index contributed by atoms with van der Waals surface area (Å²) in [6.45, 7) is 0. The summed E-state index contributed by atoms with van der Waals surface area (Å²) in [5.74, 6) is 0.854. The number of nitrogens with one attached hydrogen (secondary N) is 1. The largest absolute Gasteiger partial charge is 0.338 e. The molecular weight excluding hydrogens is 308 g/mol. The van der Waals surface area contributed by atoms with Crippen LogP contribution in [-0.4, -0.2) is 15.2 Å². The molecule has 0 unspecified atom stereocenters. The lowest BCUT2D eigenvalue weighted by atomic mass is 9.86. The Morgan fingerprint density at radius 1 is 0.913 bits per heavy atom. The molecule has 2 heterocycles. The minimum Gasteiger partial charge on any atom is -0.338 e. The summed E-state index contributed by atoms with van der Waals surface area (Å²) in [5, 5.41) is 12.9. The molecule has 1 aliphatic rings. The van der Waals surface area contributed by atoms with Crippen LogP contribution < -0.4 is 5.32 Å². The van der Waals surface area contributed by atoms with Crippen molar-refractivity contribution in [1.29, 1.82) is 0 Å². The van der Waals surface area contributed by atoms with Gasteiger partial charge in [-0.15, -0.1) is 5.10 Å². The Balaban J connectivity index is 1.59. The Morgan fingerprint density at radius 3 is 2.35 bits per heavy atom. The molecule has 114 valence electrons. The third kappa shape index (κ3) is 2.90. The summed E-state index contributed by atoms with van der Waals surface area (Å²) in [4.78, 5) is 4.05. The zero-order chi connectivity index (χ0) is 15.6. The summed E-state index contributed by atoms with van der Waals surface area (Å²) < 4.78 is 0. The molecule has 0 bridgehead atoms. The molecule has 4 nitrogen and oxygen atoms in total. The summed E-state index contributed by atoms with van der Waals surface area (Å²) >= 11 is 5.92. The summed E-state index contributed by atoms with van der Waals surface area (Å²) in [5.41, 5.74) is 5.85. The Labute approximate surface area is 139 Å². The maximum atomic E-state index is 5.92. The normalized spacial score (nSPS) is 12.4. The topological polar surface area (TPSA) is 50.7 Å². The lowest BCUT2D eigenvalue weighted by Crippen LogP contribution is -2.18. The van der Waals surface area contributed by atoms with Crippen LogP contribution in [0.2, 0.25) is 5.02 Å². The van der Waals surface area contributed by atoms with Gasteiger partial charge in [0.2, 0.25) is 0 Å².